The Bertz CT molecular complexity index is 1590. The molecule has 0 fully saturated rings. The number of carbonyl (C=O) groups is 5. The normalized spacial score (nSPS) is 12.5. The number of nitrogens with one attached hydrogen (secondary N) is 4. The highest BCUT2D eigenvalue weighted by Gasteiger charge is 2.30. The molecule has 47 heavy (non-hydrogen) atoms. The minimum atomic E-state index is -1.21. The Morgan fingerprint density at radius 2 is 1.64 bits per heavy atom. The van der Waals surface area contributed by atoms with Crippen LogP contribution in [0.3, 0.4) is 0 Å². The summed E-state index contributed by atoms with van der Waals surface area (Å²) in [6.45, 7) is 8.83. The lowest BCUT2D eigenvalue weighted by molar-refractivity contribution is -0.128. The number of nitrogens with zero attached hydrogens (tertiary/aromatic N) is 1. The van der Waals surface area contributed by atoms with Crippen LogP contribution in [0.5, 0.6) is 5.75 Å². The fourth-order valence-corrected chi connectivity index (χ4v) is 4.45. The maximum Gasteiger partial charge on any atom is 0.408 e. The van der Waals surface area contributed by atoms with E-state index in [0.29, 0.717) is 23.2 Å². The first-order chi connectivity index (χ1) is 22.1. The number of fused-ring (bicyclic) bond motifs is 1. The van der Waals surface area contributed by atoms with Crippen molar-refractivity contribution in [2.24, 2.45) is 11.7 Å². The molecule has 0 aliphatic heterocycles. The summed E-state index contributed by atoms with van der Waals surface area (Å²) in [5, 5.41) is 20.9. The van der Waals surface area contributed by atoms with E-state index in [1.807, 2.05) is 12.1 Å². The van der Waals surface area contributed by atoms with Crippen molar-refractivity contribution in [3.63, 3.8) is 0 Å². The van der Waals surface area contributed by atoms with Gasteiger partial charge in [-0.25, -0.2) is 19.4 Å². The largest absolute Gasteiger partial charge is 0.486 e. The number of urea groups is 1. The number of rotatable bonds is 14. The number of amides is 5. The van der Waals surface area contributed by atoms with Gasteiger partial charge in [0.25, 0.3) is 0 Å². The van der Waals surface area contributed by atoms with Crippen LogP contribution in [0.25, 0.3) is 10.9 Å². The summed E-state index contributed by atoms with van der Waals surface area (Å²) in [4.78, 5) is 66.0. The zero-order valence-electron chi connectivity index (χ0n) is 27.1. The number of carbonyl (C=O) groups excluding carboxylic acids is 4. The van der Waals surface area contributed by atoms with E-state index >= 15 is 0 Å². The second-order valence-corrected chi connectivity index (χ2v) is 12.2. The molecule has 0 bridgehead atoms. The van der Waals surface area contributed by atoms with E-state index < -0.39 is 47.6 Å². The number of nitrogens with two attached hydrogens (primary N) is 1. The molecule has 0 spiro atoms. The number of anilines is 1. The number of aromatic nitrogens is 1. The number of hydrogen-bond donors (Lipinski definition) is 6. The summed E-state index contributed by atoms with van der Waals surface area (Å²) in [6.07, 6.45) is -0.281. The third-order valence-corrected chi connectivity index (χ3v) is 6.73. The minimum Gasteiger partial charge on any atom is -0.486 e. The van der Waals surface area contributed by atoms with E-state index in [1.54, 1.807) is 77.1 Å². The van der Waals surface area contributed by atoms with Gasteiger partial charge in [-0.15, -0.1) is 0 Å². The molecular weight excluding hydrogens is 608 g/mol. The first kappa shape index (κ1) is 36.1. The van der Waals surface area contributed by atoms with Crippen LogP contribution in [0.15, 0.2) is 54.6 Å². The first-order valence-corrected chi connectivity index (χ1v) is 15.1. The van der Waals surface area contributed by atoms with Crippen LogP contribution < -0.4 is 31.7 Å². The number of pyridine rings is 1. The van der Waals surface area contributed by atoms with E-state index in [1.165, 1.54) is 0 Å². The van der Waals surface area contributed by atoms with Crippen LogP contribution in [0, 0.1) is 5.92 Å². The summed E-state index contributed by atoms with van der Waals surface area (Å²) in [5.41, 5.74) is 5.83. The quantitative estimate of drug-likeness (QED) is 0.139. The number of alkyl carbamates (subject to hydrolysis) is 1. The van der Waals surface area contributed by atoms with Crippen molar-refractivity contribution in [2.75, 3.05) is 11.9 Å². The van der Waals surface area contributed by atoms with E-state index in [4.69, 9.17) is 15.2 Å². The van der Waals surface area contributed by atoms with Crippen molar-refractivity contribution in [3.8, 4) is 5.75 Å². The Kier molecular flexibility index (Phi) is 12.5. The Balaban J connectivity index is 1.68. The average Bonchev–Trinajstić information content (AvgIpc) is 2.99. The molecule has 0 saturated heterocycles. The molecule has 0 radical (unpaired) electrons. The molecule has 1 aromatic heterocycles. The fourth-order valence-electron chi connectivity index (χ4n) is 4.45. The van der Waals surface area contributed by atoms with Gasteiger partial charge in [-0.05, 0) is 69.4 Å². The Morgan fingerprint density at radius 3 is 2.26 bits per heavy atom. The summed E-state index contributed by atoms with van der Waals surface area (Å²) in [5.74, 6) is -2.51. The highest BCUT2D eigenvalue weighted by molar-refractivity contribution is 5.98. The topological polar surface area (TPSA) is 211 Å². The number of ether oxygens (including phenoxy) is 2. The zero-order valence-corrected chi connectivity index (χ0v) is 27.1. The number of carboxylic acids is 1. The summed E-state index contributed by atoms with van der Waals surface area (Å²) < 4.78 is 11.1. The van der Waals surface area contributed by atoms with Gasteiger partial charge < -0.3 is 41.6 Å². The maximum atomic E-state index is 13.3. The molecule has 14 heteroatoms. The van der Waals surface area contributed by atoms with Gasteiger partial charge in [0.1, 0.15) is 24.3 Å². The van der Waals surface area contributed by atoms with Gasteiger partial charge in [0, 0.05) is 17.6 Å². The van der Waals surface area contributed by atoms with Gasteiger partial charge in [-0.2, -0.15) is 0 Å². The lowest BCUT2D eigenvalue weighted by Crippen LogP contribution is -2.55. The summed E-state index contributed by atoms with van der Waals surface area (Å²) in [6, 6.07) is 12.7. The molecule has 0 aliphatic rings. The number of hydrogen-bond acceptors (Lipinski definition) is 8. The van der Waals surface area contributed by atoms with E-state index in [0.717, 1.165) is 5.39 Å². The predicted octanol–water partition coefficient (Wildman–Crippen LogP) is 3.93. The summed E-state index contributed by atoms with van der Waals surface area (Å²) >= 11 is 0. The molecule has 7 N–H and O–H groups in total. The molecule has 3 rings (SSSR count). The Morgan fingerprint density at radius 1 is 0.957 bits per heavy atom. The molecule has 0 saturated carbocycles. The monoisotopic (exact) mass is 650 g/mol. The number of primary amides is 1. The van der Waals surface area contributed by atoms with E-state index in [-0.39, 0.29) is 36.9 Å². The molecule has 2 aromatic carbocycles. The van der Waals surface area contributed by atoms with E-state index in [9.17, 15) is 29.1 Å². The SMILES string of the molecule is CC(C)[C@H](NC(=O)OC(C)(C)C)C(=O)N[C@@H](CCCNC(N)=O)C(=O)Nc1ccc(COc2cc3ccccc3nc2C(=O)O)cc1. The molecule has 14 nitrogen and oxygen atoms in total. The fraction of sp³-hybridized carbons (Fsp3) is 0.394. The lowest BCUT2D eigenvalue weighted by atomic mass is 10.0. The number of benzene rings is 2. The Labute approximate surface area is 272 Å². The highest BCUT2D eigenvalue weighted by Crippen LogP contribution is 2.24. The van der Waals surface area contributed by atoms with E-state index in [2.05, 4.69) is 26.3 Å². The van der Waals surface area contributed by atoms with Crippen molar-refractivity contribution < 1.29 is 38.6 Å². The molecule has 5 amide bonds. The van der Waals surface area contributed by atoms with Crippen LogP contribution in [-0.4, -0.2) is 64.2 Å². The van der Waals surface area contributed by atoms with Crippen LogP contribution in [0.1, 0.15) is 63.5 Å². The first-order valence-electron chi connectivity index (χ1n) is 15.1. The maximum absolute atomic E-state index is 13.3. The second-order valence-electron chi connectivity index (χ2n) is 12.2. The van der Waals surface area contributed by atoms with Crippen LogP contribution in [-0.2, 0) is 20.9 Å². The van der Waals surface area contributed by atoms with Crippen molar-refractivity contribution in [3.05, 3.63) is 65.9 Å². The third-order valence-electron chi connectivity index (χ3n) is 6.73. The van der Waals surface area contributed by atoms with Crippen molar-refractivity contribution in [1.29, 1.82) is 0 Å². The van der Waals surface area contributed by atoms with Gasteiger partial charge in [0.15, 0.2) is 11.4 Å². The van der Waals surface area contributed by atoms with Crippen LogP contribution >= 0.6 is 0 Å². The third kappa shape index (κ3) is 11.5. The molecule has 252 valence electrons. The van der Waals surface area contributed by atoms with Gasteiger partial charge in [-0.1, -0.05) is 44.2 Å². The minimum absolute atomic E-state index is 0.0430. The van der Waals surface area contributed by atoms with Gasteiger partial charge in [0.05, 0.1) is 5.52 Å². The lowest BCUT2D eigenvalue weighted by Gasteiger charge is -2.27. The van der Waals surface area contributed by atoms with Crippen molar-refractivity contribution in [2.45, 2.75) is 71.8 Å². The molecule has 2 atom stereocenters. The molecular formula is C33H42N6O8. The average molecular weight is 651 g/mol. The van der Waals surface area contributed by atoms with Gasteiger partial charge in [0.2, 0.25) is 11.8 Å². The zero-order chi connectivity index (χ0) is 34.7. The second kappa shape index (κ2) is 16.2. The molecule has 0 aliphatic carbocycles. The Hall–Kier alpha value is -5.40. The van der Waals surface area contributed by atoms with Crippen LogP contribution in [0.2, 0.25) is 0 Å². The predicted molar refractivity (Wildman–Crippen MR) is 175 cm³/mol. The highest BCUT2D eigenvalue weighted by atomic mass is 16.6. The summed E-state index contributed by atoms with van der Waals surface area (Å²) in [7, 11) is 0. The van der Waals surface area contributed by atoms with Crippen LogP contribution in [0.4, 0.5) is 15.3 Å². The van der Waals surface area contributed by atoms with Gasteiger partial charge in [-0.3, -0.25) is 9.59 Å². The molecule has 3 aromatic rings. The van der Waals surface area contributed by atoms with Gasteiger partial charge >= 0.3 is 18.1 Å². The number of aromatic carboxylic acids is 1. The van der Waals surface area contributed by atoms with Crippen molar-refractivity contribution in [1.82, 2.24) is 20.9 Å². The molecule has 0 unspecified atom stereocenters. The number of carboxylic acid groups (broad SMARTS) is 1. The molecule has 1 heterocycles. The standard InChI is InChI=1S/C33H42N6O8/c1-19(2)26(39-32(45)47-33(3,4)5)29(41)38-24(11-8-16-35-31(34)44)28(40)36-22-14-12-20(13-15-22)18-46-25-17-21-9-6-7-10-23(21)37-27(25)30(42)43/h6-7,9-10,12-15,17,19,24,26H,8,11,16,18H2,1-5H3,(H,36,40)(H,38,41)(H,39,45)(H,42,43)(H3,34,35,44)/t24-,26-/m0/s1. The van der Waals surface area contributed by atoms with Crippen molar-refractivity contribution >= 4 is 46.5 Å². The number of para-hydroxylation sites is 1. The smallest absolute Gasteiger partial charge is 0.408 e.